The molecule has 2 atom stereocenters. The fourth-order valence-electron chi connectivity index (χ4n) is 5.33. The zero-order valence-corrected chi connectivity index (χ0v) is 19.0. The number of nitrogens with one attached hydrogen (secondary N) is 1. The van der Waals surface area contributed by atoms with Crippen molar-refractivity contribution in [3.05, 3.63) is 64.8 Å². The zero-order chi connectivity index (χ0) is 24.0. The molecule has 1 aliphatic carbocycles. The van der Waals surface area contributed by atoms with Crippen LogP contribution in [0.5, 0.6) is 0 Å². The molecule has 0 radical (unpaired) electrons. The van der Waals surface area contributed by atoms with Crippen molar-refractivity contribution in [1.29, 1.82) is 0 Å². The Kier molecular flexibility index (Phi) is 5.50. The Morgan fingerprint density at radius 2 is 1.82 bits per heavy atom. The summed E-state index contributed by atoms with van der Waals surface area (Å²) in [6, 6.07) is 8.78. The SMILES string of the molecule is [C-]#[N+]c1ccc(N2C(=O)N(c3ccc(C(=O)NC)c(F)c3)[C@H]3CC4(CC[C@@H]32)OCCO4)cc1C. The number of anilines is 2. The summed E-state index contributed by atoms with van der Waals surface area (Å²) >= 11 is 0. The number of nitrogens with zero attached hydrogens (tertiary/aromatic N) is 3. The van der Waals surface area contributed by atoms with Gasteiger partial charge in [-0.1, -0.05) is 6.07 Å². The van der Waals surface area contributed by atoms with Gasteiger partial charge < -0.3 is 14.8 Å². The van der Waals surface area contributed by atoms with Crippen molar-refractivity contribution in [1.82, 2.24) is 5.32 Å². The van der Waals surface area contributed by atoms with Gasteiger partial charge in [0.25, 0.3) is 5.91 Å². The highest BCUT2D eigenvalue weighted by atomic mass is 19.1. The largest absolute Gasteiger partial charge is 0.355 e. The molecule has 9 heteroatoms. The van der Waals surface area contributed by atoms with Gasteiger partial charge in [-0.2, -0.15) is 0 Å². The Balaban J connectivity index is 1.56. The van der Waals surface area contributed by atoms with Gasteiger partial charge in [-0.3, -0.25) is 14.6 Å². The molecule has 2 aromatic carbocycles. The average molecular weight is 464 g/mol. The number of carbonyl (C=O) groups excluding carboxylic acids is 2. The summed E-state index contributed by atoms with van der Waals surface area (Å²) in [5.41, 5.74) is 2.30. The van der Waals surface area contributed by atoms with Gasteiger partial charge in [0, 0.05) is 31.3 Å². The zero-order valence-electron chi connectivity index (χ0n) is 19.0. The Bertz CT molecular complexity index is 1200. The van der Waals surface area contributed by atoms with Crippen molar-refractivity contribution in [2.24, 2.45) is 0 Å². The highest BCUT2D eigenvalue weighted by molar-refractivity contribution is 6.08. The monoisotopic (exact) mass is 464 g/mol. The van der Waals surface area contributed by atoms with E-state index in [-0.39, 0.29) is 23.7 Å². The van der Waals surface area contributed by atoms with Crippen molar-refractivity contribution in [3.63, 3.8) is 0 Å². The fourth-order valence-corrected chi connectivity index (χ4v) is 5.33. The fraction of sp³-hybridized carbons (Fsp3) is 0.400. The minimum atomic E-state index is -0.750. The maximum absolute atomic E-state index is 14.9. The molecule has 0 bridgehead atoms. The van der Waals surface area contributed by atoms with Crippen LogP contribution in [0.15, 0.2) is 36.4 Å². The van der Waals surface area contributed by atoms with E-state index in [1.807, 2.05) is 13.0 Å². The van der Waals surface area contributed by atoms with Crippen LogP contribution in [0.2, 0.25) is 0 Å². The van der Waals surface area contributed by atoms with E-state index in [1.165, 1.54) is 19.2 Å². The van der Waals surface area contributed by atoms with Crippen LogP contribution in [0.3, 0.4) is 0 Å². The third kappa shape index (κ3) is 3.50. The van der Waals surface area contributed by atoms with Crippen molar-refractivity contribution in [3.8, 4) is 0 Å². The van der Waals surface area contributed by atoms with Crippen LogP contribution in [-0.4, -0.2) is 50.1 Å². The molecular weight excluding hydrogens is 439 g/mol. The van der Waals surface area contributed by atoms with Gasteiger partial charge in [0.1, 0.15) is 5.82 Å². The van der Waals surface area contributed by atoms with Crippen molar-refractivity contribution in [2.75, 3.05) is 30.1 Å². The first kappa shape index (κ1) is 22.3. The van der Waals surface area contributed by atoms with Gasteiger partial charge in [0.2, 0.25) is 0 Å². The van der Waals surface area contributed by atoms with Crippen LogP contribution in [0, 0.1) is 19.3 Å². The minimum absolute atomic E-state index is 0.0840. The van der Waals surface area contributed by atoms with E-state index in [0.29, 0.717) is 49.5 Å². The third-order valence-electron chi connectivity index (χ3n) is 6.96. The van der Waals surface area contributed by atoms with E-state index in [2.05, 4.69) is 10.2 Å². The molecule has 3 fully saturated rings. The van der Waals surface area contributed by atoms with Crippen LogP contribution >= 0.6 is 0 Å². The number of benzene rings is 2. The molecule has 3 amide bonds. The number of rotatable bonds is 3. The summed E-state index contributed by atoms with van der Waals surface area (Å²) in [5, 5.41) is 2.42. The number of hydrogen-bond donors (Lipinski definition) is 1. The lowest BCUT2D eigenvalue weighted by atomic mass is 9.85. The lowest BCUT2D eigenvalue weighted by Crippen LogP contribution is -2.50. The smallest absolute Gasteiger partial charge is 0.329 e. The van der Waals surface area contributed by atoms with Gasteiger partial charge >= 0.3 is 6.03 Å². The molecule has 1 saturated carbocycles. The molecular formula is C25H25FN4O4. The summed E-state index contributed by atoms with van der Waals surface area (Å²) in [6.07, 6.45) is 1.75. The number of urea groups is 1. The maximum Gasteiger partial charge on any atom is 0.329 e. The van der Waals surface area contributed by atoms with E-state index in [9.17, 15) is 14.0 Å². The van der Waals surface area contributed by atoms with Crippen LogP contribution in [0.4, 0.5) is 26.2 Å². The van der Waals surface area contributed by atoms with E-state index in [1.54, 1.807) is 28.0 Å². The van der Waals surface area contributed by atoms with Crippen molar-refractivity contribution >= 4 is 29.0 Å². The Hall–Kier alpha value is -3.48. The Labute approximate surface area is 197 Å². The predicted molar refractivity (Wildman–Crippen MR) is 124 cm³/mol. The molecule has 8 nitrogen and oxygen atoms in total. The first-order chi connectivity index (χ1) is 16.4. The highest BCUT2D eigenvalue weighted by Crippen LogP contribution is 2.46. The number of ether oxygens (including phenoxy) is 2. The number of hydrogen-bond acceptors (Lipinski definition) is 4. The summed E-state index contributed by atoms with van der Waals surface area (Å²) in [6.45, 7) is 10.2. The molecule has 1 N–H and O–H groups in total. The number of aryl methyl sites for hydroxylation is 1. The Morgan fingerprint density at radius 3 is 2.47 bits per heavy atom. The first-order valence-electron chi connectivity index (χ1n) is 11.3. The van der Waals surface area contributed by atoms with Gasteiger partial charge in [-0.05, 0) is 49.2 Å². The second-order valence-electron chi connectivity index (χ2n) is 8.83. The molecule has 2 aliphatic heterocycles. The molecule has 1 spiro atoms. The van der Waals surface area contributed by atoms with Crippen LogP contribution in [-0.2, 0) is 9.47 Å². The van der Waals surface area contributed by atoms with Crippen molar-refractivity contribution in [2.45, 2.75) is 44.1 Å². The maximum atomic E-state index is 14.9. The lowest BCUT2D eigenvalue weighted by molar-refractivity contribution is -0.180. The first-order valence-corrected chi connectivity index (χ1v) is 11.3. The number of carbonyl (C=O) groups is 2. The second-order valence-corrected chi connectivity index (χ2v) is 8.83. The van der Waals surface area contributed by atoms with Crippen molar-refractivity contribution < 1.29 is 23.5 Å². The summed E-state index contributed by atoms with van der Waals surface area (Å²) < 4.78 is 26.8. The summed E-state index contributed by atoms with van der Waals surface area (Å²) in [4.78, 5) is 32.6. The molecule has 2 aromatic rings. The standard InChI is InChI=1S/C25H25FN4O4/c1-15-12-16(5-7-20(15)27-2)29-21-8-9-25(33-10-11-34-25)14-22(21)30(24(29)32)17-4-6-18(19(26)13-17)23(31)28-3/h4-7,12-13,21-22H,8-11,14H2,1,3H3,(H,28,31)/t21-,22-/m0/s1. The third-order valence-corrected chi connectivity index (χ3v) is 6.96. The molecule has 5 rings (SSSR count). The summed E-state index contributed by atoms with van der Waals surface area (Å²) in [7, 11) is 1.44. The molecule has 2 saturated heterocycles. The van der Waals surface area contributed by atoms with Gasteiger partial charge in [-0.25, -0.2) is 14.0 Å². The van der Waals surface area contributed by atoms with E-state index >= 15 is 0 Å². The lowest BCUT2D eigenvalue weighted by Gasteiger charge is -2.41. The minimum Gasteiger partial charge on any atom is -0.355 e. The van der Waals surface area contributed by atoms with E-state index in [0.717, 1.165) is 5.56 Å². The quantitative estimate of drug-likeness (QED) is 0.693. The number of fused-ring (bicyclic) bond motifs is 1. The highest BCUT2D eigenvalue weighted by Gasteiger charge is 2.55. The summed E-state index contributed by atoms with van der Waals surface area (Å²) in [5.74, 6) is -1.98. The van der Waals surface area contributed by atoms with Gasteiger partial charge in [0.05, 0.1) is 37.4 Å². The van der Waals surface area contributed by atoms with Crippen LogP contribution in [0.25, 0.3) is 4.85 Å². The molecule has 176 valence electrons. The van der Waals surface area contributed by atoms with Gasteiger partial charge in [0.15, 0.2) is 11.5 Å². The molecule has 0 unspecified atom stereocenters. The second kappa shape index (κ2) is 8.38. The van der Waals surface area contributed by atoms with E-state index in [4.69, 9.17) is 16.0 Å². The Morgan fingerprint density at radius 1 is 1.15 bits per heavy atom. The molecule has 3 aliphatic rings. The number of halogens is 1. The topological polar surface area (TPSA) is 75.5 Å². The van der Waals surface area contributed by atoms with Gasteiger partial charge in [-0.15, -0.1) is 0 Å². The van der Waals surface area contributed by atoms with Crippen LogP contribution in [0.1, 0.15) is 35.2 Å². The average Bonchev–Trinajstić information content (AvgIpc) is 3.39. The number of amides is 3. The van der Waals surface area contributed by atoms with E-state index < -0.39 is 17.5 Å². The normalized spacial score (nSPS) is 23.2. The molecule has 34 heavy (non-hydrogen) atoms. The van der Waals surface area contributed by atoms with Crippen LogP contribution < -0.4 is 15.1 Å². The molecule has 0 aromatic heterocycles. The predicted octanol–water partition coefficient (Wildman–Crippen LogP) is 4.16. The molecule has 2 heterocycles.